The predicted molar refractivity (Wildman–Crippen MR) is 57.5 cm³/mol. The highest BCUT2D eigenvalue weighted by Crippen LogP contribution is 2.27. The third kappa shape index (κ3) is 1.81. The molecule has 0 spiro atoms. The Kier molecular flexibility index (Phi) is 2.86. The molecule has 2 aromatic rings. The standard InChI is InChI=1S/C9H11ClN4O/c10-8-7-5(6(11)1-2-15)3-12-9(7)14-4-13-8/h3-4,6,15H,1-2,11H2,(H,12,13,14). The Labute approximate surface area is 91.3 Å². The molecule has 15 heavy (non-hydrogen) atoms. The van der Waals surface area contributed by atoms with Crippen LogP contribution >= 0.6 is 11.6 Å². The maximum Gasteiger partial charge on any atom is 0.142 e. The molecule has 0 bridgehead atoms. The van der Waals surface area contributed by atoms with Gasteiger partial charge in [-0.15, -0.1) is 0 Å². The number of H-pyrrole nitrogens is 1. The molecule has 2 rings (SSSR count). The lowest BCUT2D eigenvalue weighted by Gasteiger charge is -2.08. The zero-order valence-corrected chi connectivity index (χ0v) is 8.70. The topological polar surface area (TPSA) is 87.8 Å². The molecule has 0 fully saturated rings. The molecular formula is C9H11ClN4O. The quantitative estimate of drug-likeness (QED) is 0.682. The molecule has 80 valence electrons. The Hall–Kier alpha value is -1.17. The largest absolute Gasteiger partial charge is 0.396 e. The van der Waals surface area contributed by atoms with E-state index in [2.05, 4.69) is 15.0 Å². The molecule has 6 heteroatoms. The Morgan fingerprint density at radius 3 is 3.07 bits per heavy atom. The van der Waals surface area contributed by atoms with Gasteiger partial charge in [-0.3, -0.25) is 0 Å². The van der Waals surface area contributed by atoms with E-state index < -0.39 is 0 Å². The second-order valence-electron chi connectivity index (χ2n) is 3.25. The van der Waals surface area contributed by atoms with E-state index in [4.69, 9.17) is 22.4 Å². The number of hydrogen-bond acceptors (Lipinski definition) is 4. The van der Waals surface area contributed by atoms with E-state index in [-0.39, 0.29) is 12.6 Å². The van der Waals surface area contributed by atoms with Gasteiger partial charge >= 0.3 is 0 Å². The molecule has 0 aliphatic rings. The summed E-state index contributed by atoms with van der Waals surface area (Å²) >= 11 is 5.96. The summed E-state index contributed by atoms with van der Waals surface area (Å²) in [6, 6.07) is -0.257. The van der Waals surface area contributed by atoms with Crippen molar-refractivity contribution in [3.05, 3.63) is 23.2 Å². The van der Waals surface area contributed by atoms with Crippen molar-refractivity contribution in [3.63, 3.8) is 0 Å². The molecule has 5 nitrogen and oxygen atoms in total. The van der Waals surface area contributed by atoms with Gasteiger partial charge in [0.25, 0.3) is 0 Å². The average molecular weight is 227 g/mol. The van der Waals surface area contributed by atoms with Crippen LogP contribution in [0.5, 0.6) is 0 Å². The van der Waals surface area contributed by atoms with Gasteiger partial charge in [0.05, 0.1) is 5.39 Å². The number of aromatic nitrogens is 3. The second kappa shape index (κ2) is 4.14. The predicted octanol–water partition coefficient (Wildman–Crippen LogP) is 0.993. The Bertz CT molecular complexity index is 470. The minimum absolute atomic E-state index is 0.0408. The van der Waals surface area contributed by atoms with Gasteiger partial charge < -0.3 is 15.8 Å². The molecule has 1 unspecified atom stereocenters. The summed E-state index contributed by atoms with van der Waals surface area (Å²) in [6.45, 7) is 0.0408. The molecule has 0 saturated carbocycles. The van der Waals surface area contributed by atoms with Gasteiger partial charge in [-0.2, -0.15) is 0 Å². The molecule has 0 amide bonds. The van der Waals surface area contributed by atoms with E-state index in [9.17, 15) is 0 Å². The molecule has 0 radical (unpaired) electrons. The van der Waals surface area contributed by atoms with Gasteiger partial charge in [-0.25, -0.2) is 9.97 Å². The van der Waals surface area contributed by atoms with Crippen LogP contribution in [-0.4, -0.2) is 26.7 Å². The number of nitrogens with zero attached hydrogens (tertiary/aromatic N) is 2. The van der Waals surface area contributed by atoms with E-state index in [1.807, 2.05) is 0 Å². The summed E-state index contributed by atoms with van der Waals surface area (Å²) in [4.78, 5) is 10.9. The van der Waals surface area contributed by atoms with Gasteiger partial charge in [0.15, 0.2) is 0 Å². The monoisotopic (exact) mass is 226 g/mol. The van der Waals surface area contributed by atoms with Gasteiger partial charge in [-0.1, -0.05) is 11.6 Å². The van der Waals surface area contributed by atoms with Gasteiger partial charge in [0, 0.05) is 18.8 Å². The minimum atomic E-state index is -0.257. The zero-order valence-electron chi connectivity index (χ0n) is 7.94. The summed E-state index contributed by atoms with van der Waals surface area (Å²) in [5.74, 6) is 0. The number of aliphatic hydroxyl groups is 1. The van der Waals surface area contributed by atoms with Crippen LogP contribution in [-0.2, 0) is 0 Å². The molecule has 2 heterocycles. The molecule has 0 aliphatic heterocycles. The first-order valence-electron chi connectivity index (χ1n) is 4.58. The number of nitrogens with two attached hydrogens (primary N) is 1. The number of fused-ring (bicyclic) bond motifs is 1. The summed E-state index contributed by atoms with van der Waals surface area (Å²) in [7, 11) is 0. The normalized spacial score (nSPS) is 13.3. The molecule has 1 atom stereocenters. The first kappa shape index (κ1) is 10.4. The smallest absolute Gasteiger partial charge is 0.142 e. The van der Waals surface area contributed by atoms with Crippen molar-refractivity contribution in [1.82, 2.24) is 15.0 Å². The highest BCUT2D eigenvalue weighted by Gasteiger charge is 2.14. The maximum atomic E-state index is 8.82. The number of nitrogens with one attached hydrogen (secondary N) is 1. The summed E-state index contributed by atoms with van der Waals surface area (Å²) in [5, 5.41) is 9.94. The fourth-order valence-corrected chi connectivity index (χ4v) is 1.78. The number of halogens is 1. The van der Waals surface area contributed by atoms with Crippen LogP contribution in [0.2, 0.25) is 5.15 Å². The Morgan fingerprint density at radius 2 is 2.33 bits per heavy atom. The van der Waals surface area contributed by atoms with Crippen LogP contribution in [0.4, 0.5) is 0 Å². The summed E-state index contributed by atoms with van der Waals surface area (Å²) in [6.07, 6.45) is 3.63. The average Bonchev–Trinajstić information content (AvgIpc) is 2.63. The van der Waals surface area contributed by atoms with Crippen molar-refractivity contribution in [3.8, 4) is 0 Å². The minimum Gasteiger partial charge on any atom is -0.396 e. The van der Waals surface area contributed by atoms with E-state index in [1.165, 1.54) is 6.33 Å². The highest BCUT2D eigenvalue weighted by atomic mass is 35.5. The second-order valence-corrected chi connectivity index (χ2v) is 3.61. The van der Waals surface area contributed by atoms with Crippen LogP contribution in [0.3, 0.4) is 0 Å². The third-order valence-electron chi connectivity index (χ3n) is 2.29. The lowest BCUT2D eigenvalue weighted by atomic mass is 10.1. The molecular weight excluding hydrogens is 216 g/mol. The first-order valence-corrected chi connectivity index (χ1v) is 4.95. The van der Waals surface area contributed by atoms with E-state index in [1.54, 1.807) is 6.20 Å². The molecule has 0 aromatic carbocycles. The first-order chi connectivity index (χ1) is 7.24. The summed E-state index contributed by atoms with van der Waals surface area (Å²) < 4.78 is 0. The lowest BCUT2D eigenvalue weighted by Crippen LogP contribution is -2.11. The van der Waals surface area contributed by atoms with Crippen LogP contribution in [0.15, 0.2) is 12.5 Å². The molecule has 0 aliphatic carbocycles. The van der Waals surface area contributed by atoms with Crippen molar-refractivity contribution in [1.29, 1.82) is 0 Å². The van der Waals surface area contributed by atoms with E-state index >= 15 is 0 Å². The third-order valence-corrected chi connectivity index (χ3v) is 2.58. The van der Waals surface area contributed by atoms with Crippen molar-refractivity contribution >= 4 is 22.6 Å². The number of rotatable bonds is 3. The van der Waals surface area contributed by atoms with Crippen molar-refractivity contribution in [2.24, 2.45) is 5.73 Å². The van der Waals surface area contributed by atoms with Crippen LogP contribution in [0.1, 0.15) is 18.0 Å². The summed E-state index contributed by atoms with van der Waals surface area (Å²) in [5.41, 5.74) is 7.39. The fraction of sp³-hybridized carbons (Fsp3) is 0.333. The lowest BCUT2D eigenvalue weighted by molar-refractivity contribution is 0.277. The molecule has 2 aromatic heterocycles. The van der Waals surface area contributed by atoms with Crippen molar-refractivity contribution in [2.75, 3.05) is 6.61 Å². The van der Waals surface area contributed by atoms with Gasteiger partial charge in [0.1, 0.15) is 17.1 Å². The number of hydrogen-bond donors (Lipinski definition) is 3. The van der Waals surface area contributed by atoms with Crippen LogP contribution < -0.4 is 5.73 Å². The zero-order chi connectivity index (χ0) is 10.8. The highest BCUT2D eigenvalue weighted by molar-refractivity contribution is 6.34. The number of aromatic amines is 1. The van der Waals surface area contributed by atoms with Gasteiger partial charge in [-0.05, 0) is 12.0 Å². The van der Waals surface area contributed by atoms with Crippen LogP contribution in [0.25, 0.3) is 11.0 Å². The SMILES string of the molecule is NC(CCO)c1c[nH]c2ncnc(Cl)c12. The molecule has 4 N–H and O–H groups in total. The fourth-order valence-electron chi connectivity index (χ4n) is 1.53. The maximum absolute atomic E-state index is 8.82. The Morgan fingerprint density at radius 1 is 1.53 bits per heavy atom. The molecule has 0 saturated heterocycles. The number of aliphatic hydroxyl groups excluding tert-OH is 1. The van der Waals surface area contributed by atoms with Gasteiger partial charge in [0.2, 0.25) is 0 Å². The van der Waals surface area contributed by atoms with Crippen molar-refractivity contribution < 1.29 is 5.11 Å². The van der Waals surface area contributed by atoms with Crippen molar-refractivity contribution in [2.45, 2.75) is 12.5 Å². The Balaban J connectivity index is 2.52. The van der Waals surface area contributed by atoms with Crippen LogP contribution in [0, 0.1) is 0 Å². The van der Waals surface area contributed by atoms with E-state index in [0.29, 0.717) is 17.2 Å². The van der Waals surface area contributed by atoms with E-state index in [0.717, 1.165) is 10.9 Å².